The predicted molar refractivity (Wildman–Crippen MR) is 62.4 cm³/mol. The second kappa shape index (κ2) is 5.92. The molecule has 0 radical (unpaired) electrons. The molecule has 3 atom stereocenters. The lowest BCUT2D eigenvalue weighted by molar-refractivity contribution is 0.393. The SMILES string of the molecule is CCC1CCCC1NCC(C)SC. The first-order valence-corrected chi connectivity index (χ1v) is 6.82. The average Bonchev–Trinajstić information content (AvgIpc) is 2.61. The second-order valence-electron chi connectivity index (χ2n) is 4.16. The highest BCUT2D eigenvalue weighted by atomic mass is 32.2. The highest BCUT2D eigenvalue weighted by Gasteiger charge is 2.25. The number of hydrogen-bond donors (Lipinski definition) is 1. The zero-order chi connectivity index (χ0) is 9.68. The lowest BCUT2D eigenvalue weighted by Crippen LogP contribution is -2.35. The molecule has 0 heterocycles. The molecule has 1 N–H and O–H groups in total. The summed E-state index contributed by atoms with van der Waals surface area (Å²) in [5.41, 5.74) is 0. The fourth-order valence-corrected chi connectivity index (χ4v) is 2.46. The molecule has 0 aliphatic heterocycles. The van der Waals surface area contributed by atoms with E-state index in [1.807, 2.05) is 11.8 Å². The van der Waals surface area contributed by atoms with E-state index in [2.05, 4.69) is 25.4 Å². The minimum Gasteiger partial charge on any atom is -0.313 e. The van der Waals surface area contributed by atoms with E-state index in [4.69, 9.17) is 0 Å². The van der Waals surface area contributed by atoms with Crippen LogP contribution in [0.2, 0.25) is 0 Å². The van der Waals surface area contributed by atoms with Crippen molar-refractivity contribution in [1.82, 2.24) is 5.32 Å². The van der Waals surface area contributed by atoms with Crippen LogP contribution in [0.5, 0.6) is 0 Å². The predicted octanol–water partition coefficient (Wildman–Crippen LogP) is 2.91. The molecule has 1 nitrogen and oxygen atoms in total. The summed E-state index contributed by atoms with van der Waals surface area (Å²) in [6.07, 6.45) is 7.83. The van der Waals surface area contributed by atoms with Gasteiger partial charge in [-0.15, -0.1) is 0 Å². The van der Waals surface area contributed by atoms with Crippen LogP contribution >= 0.6 is 11.8 Å². The van der Waals surface area contributed by atoms with E-state index in [-0.39, 0.29) is 0 Å². The fraction of sp³-hybridized carbons (Fsp3) is 1.00. The van der Waals surface area contributed by atoms with Gasteiger partial charge >= 0.3 is 0 Å². The minimum absolute atomic E-state index is 0.762. The van der Waals surface area contributed by atoms with Gasteiger partial charge in [-0.3, -0.25) is 0 Å². The van der Waals surface area contributed by atoms with Gasteiger partial charge in [-0.1, -0.05) is 26.7 Å². The van der Waals surface area contributed by atoms with Gasteiger partial charge in [0.25, 0.3) is 0 Å². The number of hydrogen-bond acceptors (Lipinski definition) is 2. The van der Waals surface area contributed by atoms with Crippen molar-refractivity contribution in [3.05, 3.63) is 0 Å². The van der Waals surface area contributed by atoms with Gasteiger partial charge in [0.05, 0.1) is 0 Å². The summed E-state index contributed by atoms with van der Waals surface area (Å²) in [5.74, 6) is 0.953. The zero-order valence-corrected chi connectivity index (χ0v) is 9.99. The molecule has 0 spiro atoms. The van der Waals surface area contributed by atoms with Crippen molar-refractivity contribution in [1.29, 1.82) is 0 Å². The van der Waals surface area contributed by atoms with E-state index in [1.165, 1.54) is 32.2 Å². The van der Waals surface area contributed by atoms with Crippen molar-refractivity contribution in [3.63, 3.8) is 0 Å². The lowest BCUT2D eigenvalue weighted by atomic mass is 10.0. The molecule has 1 fully saturated rings. The number of nitrogens with one attached hydrogen (secondary N) is 1. The molecular weight excluding hydrogens is 178 g/mol. The summed E-state index contributed by atoms with van der Waals surface area (Å²) in [5, 5.41) is 4.47. The quantitative estimate of drug-likeness (QED) is 0.734. The van der Waals surface area contributed by atoms with Gasteiger partial charge in [0, 0.05) is 17.8 Å². The maximum atomic E-state index is 3.71. The molecule has 0 aromatic carbocycles. The molecule has 0 bridgehead atoms. The Morgan fingerprint density at radius 2 is 2.23 bits per heavy atom. The van der Waals surface area contributed by atoms with Crippen LogP contribution in [0.15, 0.2) is 0 Å². The summed E-state index contributed by atoms with van der Waals surface area (Å²) >= 11 is 1.95. The van der Waals surface area contributed by atoms with Gasteiger partial charge in [-0.25, -0.2) is 0 Å². The Kier molecular flexibility index (Phi) is 5.18. The van der Waals surface area contributed by atoms with Crippen molar-refractivity contribution >= 4 is 11.8 Å². The van der Waals surface area contributed by atoms with Gasteiger partial charge in [-0.2, -0.15) is 11.8 Å². The third-order valence-electron chi connectivity index (χ3n) is 3.25. The van der Waals surface area contributed by atoms with E-state index >= 15 is 0 Å². The molecule has 1 aliphatic carbocycles. The van der Waals surface area contributed by atoms with Crippen molar-refractivity contribution in [2.75, 3.05) is 12.8 Å². The molecule has 13 heavy (non-hydrogen) atoms. The van der Waals surface area contributed by atoms with Gasteiger partial charge in [0.1, 0.15) is 0 Å². The van der Waals surface area contributed by atoms with E-state index in [0.717, 1.165) is 17.2 Å². The first-order valence-electron chi connectivity index (χ1n) is 5.54. The zero-order valence-electron chi connectivity index (χ0n) is 9.18. The lowest BCUT2D eigenvalue weighted by Gasteiger charge is -2.21. The largest absolute Gasteiger partial charge is 0.313 e. The molecule has 2 heteroatoms. The van der Waals surface area contributed by atoms with Gasteiger partial charge in [0.2, 0.25) is 0 Å². The Morgan fingerprint density at radius 3 is 2.85 bits per heavy atom. The van der Waals surface area contributed by atoms with E-state index in [9.17, 15) is 0 Å². The molecule has 3 unspecified atom stereocenters. The van der Waals surface area contributed by atoms with E-state index in [0.29, 0.717) is 0 Å². The van der Waals surface area contributed by atoms with Crippen LogP contribution in [0.1, 0.15) is 39.5 Å². The Labute approximate surface area is 87.1 Å². The maximum Gasteiger partial charge on any atom is 0.0141 e. The second-order valence-corrected chi connectivity index (χ2v) is 5.44. The highest BCUT2D eigenvalue weighted by molar-refractivity contribution is 7.99. The smallest absolute Gasteiger partial charge is 0.0141 e. The third-order valence-corrected chi connectivity index (χ3v) is 4.22. The van der Waals surface area contributed by atoms with Crippen molar-refractivity contribution in [3.8, 4) is 0 Å². The Bertz CT molecular complexity index is 138. The average molecular weight is 201 g/mol. The Balaban J connectivity index is 2.19. The summed E-state index contributed by atoms with van der Waals surface area (Å²) in [7, 11) is 0. The van der Waals surface area contributed by atoms with Crippen molar-refractivity contribution in [2.24, 2.45) is 5.92 Å². The molecule has 0 saturated heterocycles. The van der Waals surface area contributed by atoms with E-state index < -0.39 is 0 Å². The minimum atomic E-state index is 0.762. The van der Waals surface area contributed by atoms with Crippen LogP contribution < -0.4 is 5.32 Å². The highest BCUT2D eigenvalue weighted by Crippen LogP contribution is 2.28. The topological polar surface area (TPSA) is 12.0 Å². The molecule has 78 valence electrons. The normalized spacial score (nSPS) is 30.7. The molecule has 1 rings (SSSR count). The number of thioether (sulfide) groups is 1. The summed E-state index contributed by atoms with van der Waals surface area (Å²) in [6.45, 7) is 5.80. The monoisotopic (exact) mass is 201 g/mol. The Morgan fingerprint density at radius 1 is 1.46 bits per heavy atom. The molecule has 0 amide bonds. The van der Waals surface area contributed by atoms with Crippen LogP contribution in [0.4, 0.5) is 0 Å². The summed E-state index contributed by atoms with van der Waals surface area (Å²) in [6, 6.07) is 0.819. The van der Waals surface area contributed by atoms with Gasteiger partial charge in [-0.05, 0) is 25.0 Å². The molecule has 0 aromatic rings. The van der Waals surface area contributed by atoms with E-state index in [1.54, 1.807) is 0 Å². The van der Waals surface area contributed by atoms with Gasteiger partial charge in [0.15, 0.2) is 0 Å². The summed E-state index contributed by atoms with van der Waals surface area (Å²) in [4.78, 5) is 0. The van der Waals surface area contributed by atoms with Crippen LogP contribution in [0.3, 0.4) is 0 Å². The van der Waals surface area contributed by atoms with Crippen LogP contribution in [0.25, 0.3) is 0 Å². The molecule has 1 saturated carbocycles. The van der Waals surface area contributed by atoms with Crippen LogP contribution in [0, 0.1) is 5.92 Å². The number of rotatable bonds is 5. The Hall–Kier alpha value is 0.310. The maximum absolute atomic E-state index is 3.71. The van der Waals surface area contributed by atoms with Crippen LogP contribution in [-0.4, -0.2) is 24.1 Å². The standard InChI is InChI=1S/C11H23NS/c1-4-10-6-5-7-11(10)12-8-9(2)13-3/h9-12H,4-8H2,1-3H3. The summed E-state index contributed by atoms with van der Waals surface area (Å²) < 4.78 is 0. The van der Waals surface area contributed by atoms with Crippen molar-refractivity contribution in [2.45, 2.75) is 50.8 Å². The van der Waals surface area contributed by atoms with Gasteiger partial charge < -0.3 is 5.32 Å². The van der Waals surface area contributed by atoms with Crippen molar-refractivity contribution < 1.29 is 0 Å². The fourth-order valence-electron chi connectivity index (χ4n) is 2.19. The first-order chi connectivity index (χ1) is 6.27. The molecular formula is C11H23NS. The van der Waals surface area contributed by atoms with Crippen LogP contribution in [-0.2, 0) is 0 Å². The molecule has 1 aliphatic rings. The first kappa shape index (κ1) is 11.4. The third kappa shape index (κ3) is 3.51. The molecule has 0 aromatic heterocycles.